The van der Waals surface area contributed by atoms with E-state index in [0.29, 0.717) is 19.3 Å². The van der Waals surface area contributed by atoms with E-state index in [4.69, 9.17) is 11.6 Å². The Morgan fingerprint density at radius 3 is 2.28 bits per heavy atom. The fourth-order valence-electron chi connectivity index (χ4n) is 3.84. The highest BCUT2D eigenvalue weighted by atomic mass is 35.5. The molecule has 2 rings (SSSR count). The first kappa shape index (κ1) is 23.7. The van der Waals surface area contributed by atoms with Crippen LogP contribution in [0.5, 0.6) is 0 Å². The lowest BCUT2D eigenvalue weighted by molar-refractivity contribution is -0.131. The Hall–Kier alpha value is -1.59. The molecule has 2 amide bonds. The van der Waals surface area contributed by atoms with Gasteiger partial charge in [0.2, 0.25) is 11.8 Å². The third-order valence-corrected chi connectivity index (χ3v) is 5.66. The van der Waals surface area contributed by atoms with Crippen molar-refractivity contribution in [3.05, 3.63) is 34.9 Å². The smallest absolute Gasteiger partial charge is 0.222 e. The van der Waals surface area contributed by atoms with Crippen LogP contribution in [0.2, 0.25) is 5.02 Å². The summed E-state index contributed by atoms with van der Waals surface area (Å²) in [5.41, 5.74) is 1.27. The minimum Gasteiger partial charge on any atom is -0.353 e. The number of carbonyl (C=O) groups excluding carboxylic acids is 2. The molecule has 1 aliphatic heterocycles. The summed E-state index contributed by atoms with van der Waals surface area (Å²) < 4.78 is 0. The lowest BCUT2D eigenvalue weighted by atomic mass is 10.0. The van der Waals surface area contributed by atoms with Crippen molar-refractivity contribution in [2.75, 3.05) is 26.2 Å². The first-order valence-corrected chi connectivity index (χ1v) is 11.4. The number of likely N-dealkylation sites (tertiary alicyclic amines) is 1. The van der Waals surface area contributed by atoms with E-state index >= 15 is 0 Å². The summed E-state index contributed by atoms with van der Waals surface area (Å²) in [4.78, 5) is 28.9. The maximum Gasteiger partial charge on any atom is 0.222 e. The standard InChI is InChI=1S/C23H36ClN3O2/c1-3-14-27(15-4-2)23(29)7-5-6-22(28)25-21-12-16-26(17-13-21)18-19-8-10-20(24)11-9-19/h8-11,21H,3-7,12-18H2,1-2H3,(H,25,28). The van der Waals surface area contributed by atoms with Gasteiger partial charge in [-0.05, 0) is 49.8 Å². The summed E-state index contributed by atoms with van der Waals surface area (Å²) in [5, 5.41) is 3.92. The van der Waals surface area contributed by atoms with Crippen LogP contribution in [0.4, 0.5) is 0 Å². The molecule has 0 bridgehead atoms. The number of hydrogen-bond acceptors (Lipinski definition) is 3. The zero-order valence-electron chi connectivity index (χ0n) is 18.0. The molecule has 0 aromatic heterocycles. The average molecular weight is 422 g/mol. The van der Waals surface area contributed by atoms with Gasteiger partial charge in [-0.2, -0.15) is 0 Å². The van der Waals surface area contributed by atoms with E-state index in [0.717, 1.165) is 63.4 Å². The van der Waals surface area contributed by atoms with E-state index in [-0.39, 0.29) is 17.9 Å². The fraction of sp³-hybridized carbons (Fsp3) is 0.652. The van der Waals surface area contributed by atoms with Gasteiger partial charge in [0, 0.05) is 56.6 Å². The molecule has 1 fully saturated rings. The number of piperidine rings is 1. The highest BCUT2D eigenvalue weighted by Crippen LogP contribution is 2.16. The molecule has 1 aliphatic rings. The summed E-state index contributed by atoms with van der Waals surface area (Å²) in [7, 11) is 0. The van der Waals surface area contributed by atoms with Crippen molar-refractivity contribution in [2.45, 2.75) is 71.4 Å². The first-order chi connectivity index (χ1) is 14.0. The molecule has 0 atom stereocenters. The van der Waals surface area contributed by atoms with Crippen LogP contribution in [0, 0.1) is 0 Å². The number of carbonyl (C=O) groups is 2. The lowest BCUT2D eigenvalue weighted by Gasteiger charge is -2.32. The number of rotatable bonds is 11. The highest BCUT2D eigenvalue weighted by Gasteiger charge is 2.21. The largest absolute Gasteiger partial charge is 0.353 e. The van der Waals surface area contributed by atoms with E-state index in [1.165, 1.54) is 5.56 Å². The molecule has 5 nitrogen and oxygen atoms in total. The van der Waals surface area contributed by atoms with Crippen LogP contribution in [0.15, 0.2) is 24.3 Å². The molecule has 1 aromatic rings. The van der Waals surface area contributed by atoms with Crippen molar-refractivity contribution in [3.63, 3.8) is 0 Å². The molecule has 0 radical (unpaired) electrons. The van der Waals surface area contributed by atoms with Gasteiger partial charge in [0.15, 0.2) is 0 Å². The molecule has 1 heterocycles. The lowest BCUT2D eigenvalue weighted by Crippen LogP contribution is -2.44. The number of halogens is 1. The monoisotopic (exact) mass is 421 g/mol. The maximum atomic E-state index is 12.3. The quantitative estimate of drug-likeness (QED) is 0.581. The second-order valence-corrected chi connectivity index (χ2v) is 8.42. The Morgan fingerprint density at radius 2 is 1.69 bits per heavy atom. The van der Waals surface area contributed by atoms with Crippen molar-refractivity contribution in [1.29, 1.82) is 0 Å². The molecular weight excluding hydrogens is 386 g/mol. The highest BCUT2D eigenvalue weighted by molar-refractivity contribution is 6.30. The van der Waals surface area contributed by atoms with Crippen molar-refractivity contribution in [2.24, 2.45) is 0 Å². The molecule has 0 saturated carbocycles. The molecular formula is C23H36ClN3O2. The van der Waals surface area contributed by atoms with Crippen LogP contribution in [0.25, 0.3) is 0 Å². The minimum atomic E-state index is 0.0754. The predicted molar refractivity (Wildman–Crippen MR) is 119 cm³/mol. The van der Waals surface area contributed by atoms with Crippen LogP contribution < -0.4 is 5.32 Å². The number of hydrogen-bond donors (Lipinski definition) is 1. The van der Waals surface area contributed by atoms with Crippen LogP contribution in [-0.4, -0.2) is 53.8 Å². The second-order valence-electron chi connectivity index (χ2n) is 7.98. The molecule has 1 N–H and O–H groups in total. The Labute approximate surface area is 180 Å². The van der Waals surface area contributed by atoms with Crippen LogP contribution in [0.3, 0.4) is 0 Å². The van der Waals surface area contributed by atoms with Crippen molar-refractivity contribution >= 4 is 23.4 Å². The Morgan fingerprint density at radius 1 is 1.07 bits per heavy atom. The zero-order chi connectivity index (χ0) is 21.1. The van der Waals surface area contributed by atoms with Gasteiger partial charge in [0.25, 0.3) is 0 Å². The molecule has 1 aromatic carbocycles. The SMILES string of the molecule is CCCN(CCC)C(=O)CCCC(=O)NC1CCN(Cc2ccc(Cl)cc2)CC1. The van der Waals surface area contributed by atoms with E-state index in [1.807, 2.05) is 17.0 Å². The van der Waals surface area contributed by atoms with E-state index in [2.05, 4.69) is 36.2 Å². The number of amides is 2. The third-order valence-electron chi connectivity index (χ3n) is 5.41. The van der Waals surface area contributed by atoms with E-state index in [9.17, 15) is 9.59 Å². The van der Waals surface area contributed by atoms with Crippen molar-refractivity contribution in [3.8, 4) is 0 Å². The van der Waals surface area contributed by atoms with Crippen molar-refractivity contribution in [1.82, 2.24) is 15.1 Å². The summed E-state index contributed by atoms with van der Waals surface area (Å²) in [6.07, 6.45) is 5.42. The fourth-order valence-corrected chi connectivity index (χ4v) is 3.97. The second kappa shape index (κ2) is 12.9. The van der Waals surface area contributed by atoms with Gasteiger partial charge in [0.05, 0.1) is 0 Å². The van der Waals surface area contributed by atoms with Crippen molar-refractivity contribution < 1.29 is 9.59 Å². The molecule has 162 valence electrons. The average Bonchev–Trinajstić information content (AvgIpc) is 2.71. The number of benzene rings is 1. The Bertz CT molecular complexity index is 622. The minimum absolute atomic E-state index is 0.0754. The molecule has 0 unspecified atom stereocenters. The van der Waals surface area contributed by atoms with Gasteiger partial charge in [-0.15, -0.1) is 0 Å². The first-order valence-electron chi connectivity index (χ1n) is 11.1. The molecule has 0 spiro atoms. The van der Waals surface area contributed by atoms with Crippen LogP contribution >= 0.6 is 11.6 Å². The van der Waals surface area contributed by atoms with Gasteiger partial charge in [-0.1, -0.05) is 37.6 Å². The Balaban J connectivity index is 1.62. The third kappa shape index (κ3) is 8.75. The summed E-state index contributed by atoms with van der Waals surface area (Å²) in [5.74, 6) is 0.253. The van der Waals surface area contributed by atoms with E-state index in [1.54, 1.807) is 0 Å². The normalized spacial score (nSPS) is 15.3. The number of nitrogens with one attached hydrogen (secondary N) is 1. The van der Waals surface area contributed by atoms with Gasteiger partial charge in [0.1, 0.15) is 0 Å². The van der Waals surface area contributed by atoms with Gasteiger partial charge in [-0.25, -0.2) is 0 Å². The van der Waals surface area contributed by atoms with Gasteiger partial charge in [-0.3, -0.25) is 14.5 Å². The Kier molecular flexibility index (Phi) is 10.5. The molecule has 0 aliphatic carbocycles. The summed E-state index contributed by atoms with van der Waals surface area (Å²) >= 11 is 5.94. The predicted octanol–water partition coefficient (Wildman–Crippen LogP) is 4.24. The molecule has 6 heteroatoms. The van der Waals surface area contributed by atoms with Gasteiger partial charge < -0.3 is 10.2 Å². The number of nitrogens with zero attached hydrogens (tertiary/aromatic N) is 2. The van der Waals surface area contributed by atoms with E-state index < -0.39 is 0 Å². The van der Waals surface area contributed by atoms with Crippen LogP contribution in [0.1, 0.15) is 64.4 Å². The molecule has 1 saturated heterocycles. The zero-order valence-corrected chi connectivity index (χ0v) is 18.7. The van der Waals surface area contributed by atoms with Gasteiger partial charge >= 0.3 is 0 Å². The summed E-state index contributed by atoms with van der Waals surface area (Å²) in [6.45, 7) is 8.69. The summed E-state index contributed by atoms with van der Waals surface area (Å²) in [6, 6.07) is 8.24. The molecule has 29 heavy (non-hydrogen) atoms. The maximum absolute atomic E-state index is 12.3. The van der Waals surface area contributed by atoms with Crippen LogP contribution in [-0.2, 0) is 16.1 Å². The topological polar surface area (TPSA) is 52.7 Å².